The molecule has 0 aromatic rings. The Hall–Kier alpha value is -0.830. The zero-order valence-electron chi connectivity index (χ0n) is 9.80. The fourth-order valence-electron chi connectivity index (χ4n) is 2.07. The Morgan fingerprint density at radius 1 is 1.40 bits per heavy atom. The molecule has 1 aliphatic rings. The Bertz CT molecular complexity index is 269. The second kappa shape index (κ2) is 4.79. The molecule has 1 N–H and O–H groups in total. The molecule has 0 atom stereocenters. The van der Waals surface area contributed by atoms with Crippen molar-refractivity contribution >= 4 is 5.97 Å². The first-order chi connectivity index (χ1) is 6.97. The van der Waals surface area contributed by atoms with Gasteiger partial charge in [-0.3, -0.25) is 4.79 Å². The van der Waals surface area contributed by atoms with Gasteiger partial charge < -0.3 is 9.84 Å². The van der Waals surface area contributed by atoms with Gasteiger partial charge in [-0.25, -0.2) is 0 Å². The summed E-state index contributed by atoms with van der Waals surface area (Å²) in [5.74, 6) is -0.205. The lowest BCUT2D eigenvalue weighted by Crippen LogP contribution is -2.33. The Morgan fingerprint density at radius 3 is 2.33 bits per heavy atom. The summed E-state index contributed by atoms with van der Waals surface area (Å²) in [4.78, 5) is 10.9. The largest absolute Gasteiger partial charge is 0.460 e. The molecule has 3 heteroatoms. The van der Waals surface area contributed by atoms with E-state index < -0.39 is 0 Å². The number of carbonyl (C=O) groups excluding carboxylic acids is 1. The third kappa shape index (κ3) is 3.34. The number of aliphatic hydroxyl groups is 1. The first-order valence-corrected chi connectivity index (χ1v) is 5.45. The summed E-state index contributed by atoms with van der Waals surface area (Å²) >= 11 is 0. The van der Waals surface area contributed by atoms with Gasteiger partial charge in [0.2, 0.25) is 0 Å². The standard InChI is InChI=1S/C12H20O3/c1-9(8-13)11-4-6-12(3,7-5-11)15-10(2)14/h13H,4-8H2,1-3H3. The van der Waals surface area contributed by atoms with Gasteiger partial charge in [-0.1, -0.05) is 5.57 Å². The first-order valence-electron chi connectivity index (χ1n) is 5.45. The number of esters is 1. The summed E-state index contributed by atoms with van der Waals surface area (Å²) in [6.45, 7) is 5.54. The highest BCUT2D eigenvalue weighted by atomic mass is 16.6. The topological polar surface area (TPSA) is 46.5 Å². The minimum absolute atomic E-state index is 0.139. The minimum Gasteiger partial charge on any atom is -0.460 e. The maximum absolute atomic E-state index is 10.9. The number of hydrogen-bond donors (Lipinski definition) is 1. The summed E-state index contributed by atoms with van der Waals surface area (Å²) in [7, 11) is 0. The fourth-order valence-corrected chi connectivity index (χ4v) is 2.07. The quantitative estimate of drug-likeness (QED) is 0.563. The Morgan fingerprint density at radius 2 is 1.93 bits per heavy atom. The van der Waals surface area contributed by atoms with Crippen LogP contribution < -0.4 is 0 Å². The molecule has 15 heavy (non-hydrogen) atoms. The van der Waals surface area contributed by atoms with Crippen LogP contribution in [0.3, 0.4) is 0 Å². The summed E-state index contributed by atoms with van der Waals surface area (Å²) < 4.78 is 5.32. The molecule has 0 saturated heterocycles. The van der Waals surface area contributed by atoms with Crippen LogP contribution in [-0.2, 0) is 9.53 Å². The average molecular weight is 212 g/mol. The highest BCUT2D eigenvalue weighted by Crippen LogP contribution is 2.35. The zero-order valence-corrected chi connectivity index (χ0v) is 9.80. The molecule has 86 valence electrons. The third-order valence-electron chi connectivity index (χ3n) is 3.14. The van der Waals surface area contributed by atoms with Crippen LogP contribution in [0, 0.1) is 0 Å². The van der Waals surface area contributed by atoms with E-state index in [2.05, 4.69) is 0 Å². The van der Waals surface area contributed by atoms with Gasteiger partial charge in [0.25, 0.3) is 0 Å². The molecule has 0 aromatic carbocycles. The molecule has 0 spiro atoms. The number of ether oxygens (including phenoxy) is 1. The van der Waals surface area contributed by atoms with Crippen molar-refractivity contribution in [2.24, 2.45) is 0 Å². The van der Waals surface area contributed by atoms with Crippen molar-refractivity contribution < 1.29 is 14.6 Å². The molecule has 3 nitrogen and oxygen atoms in total. The smallest absolute Gasteiger partial charge is 0.303 e. The Balaban J connectivity index is 2.58. The molecule has 0 radical (unpaired) electrons. The molecule has 0 unspecified atom stereocenters. The third-order valence-corrected chi connectivity index (χ3v) is 3.14. The number of rotatable bonds is 2. The molecule has 0 bridgehead atoms. The molecule has 0 aromatic heterocycles. The summed E-state index contributed by atoms with van der Waals surface area (Å²) in [5.41, 5.74) is 2.09. The Labute approximate surface area is 91.1 Å². The molecule has 0 amide bonds. The van der Waals surface area contributed by atoms with Gasteiger partial charge in [-0.15, -0.1) is 0 Å². The van der Waals surface area contributed by atoms with Gasteiger partial charge in [0.05, 0.1) is 6.61 Å². The van der Waals surface area contributed by atoms with Crippen molar-refractivity contribution in [3.63, 3.8) is 0 Å². The van der Waals surface area contributed by atoms with Gasteiger partial charge in [0.15, 0.2) is 0 Å². The van der Waals surface area contributed by atoms with Gasteiger partial charge in [0, 0.05) is 6.92 Å². The Kier molecular flexibility index (Phi) is 3.91. The van der Waals surface area contributed by atoms with Gasteiger partial charge >= 0.3 is 5.97 Å². The van der Waals surface area contributed by atoms with Crippen molar-refractivity contribution in [1.82, 2.24) is 0 Å². The van der Waals surface area contributed by atoms with Crippen molar-refractivity contribution in [2.45, 2.75) is 52.1 Å². The molecule has 1 aliphatic carbocycles. The normalized spacial score (nSPS) is 26.3. The molecule has 1 rings (SSSR count). The second-order valence-corrected chi connectivity index (χ2v) is 4.59. The van der Waals surface area contributed by atoms with E-state index in [-0.39, 0.29) is 18.2 Å². The monoisotopic (exact) mass is 212 g/mol. The maximum atomic E-state index is 10.9. The lowest BCUT2D eigenvalue weighted by atomic mass is 9.81. The second-order valence-electron chi connectivity index (χ2n) is 4.59. The van der Waals surface area contributed by atoms with E-state index in [1.807, 2.05) is 13.8 Å². The van der Waals surface area contributed by atoms with Gasteiger partial charge in [-0.2, -0.15) is 0 Å². The predicted octanol–water partition coefficient (Wildman–Crippen LogP) is 2.19. The van der Waals surface area contributed by atoms with Crippen LogP contribution in [0.25, 0.3) is 0 Å². The average Bonchev–Trinajstić information content (AvgIpc) is 2.16. The summed E-state index contributed by atoms with van der Waals surface area (Å²) in [6.07, 6.45) is 3.57. The van der Waals surface area contributed by atoms with E-state index in [0.717, 1.165) is 31.3 Å². The van der Waals surface area contributed by atoms with Crippen LogP contribution in [0.1, 0.15) is 46.5 Å². The first kappa shape index (κ1) is 12.2. The van der Waals surface area contributed by atoms with E-state index in [1.54, 1.807) is 0 Å². The van der Waals surface area contributed by atoms with Crippen molar-refractivity contribution in [2.75, 3.05) is 6.61 Å². The zero-order chi connectivity index (χ0) is 11.5. The van der Waals surface area contributed by atoms with E-state index in [0.29, 0.717) is 0 Å². The van der Waals surface area contributed by atoms with E-state index >= 15 is 0 Å². The summed E-state index contributed by atoms with van der Waals surface area (Å²) in [6, 6.07) is 0. The van der Waals surface area contributed by atoms with Crippen molar-refractivity contribution in [3.8, 4) is 0 Å². The van der Waals surface area contributed by atoms with Crippen LogP contribution in [-0.4, -0.2) is 23.3 Å². The molecular formula is C12H20O3. The van der Waals surface area contributed by atoms with E-state index in [9.17, 15) is 4.79 Å². The van der Waals surface area contributed by atoms with Crippen molar-refractivity contribution in [1.29, 1.82) is 0 Å². The SMILES string of the molecule is CC(=O)OC1(C)CCC(=C(C)CO)CC1. The molecular weight excluding hydrogens is 192 g/mol. The number of carbonyl (C=O) groups is 1. The summed E-state index contributed by atoms with van der Waals surface area (Å²) in [5, 5.41) is 9.02. The number of aliphatic hydroxyl groups excluding tert-OH is 1. The van der Waals surface area contributed by atoms with Gasteiger partial charge in [-0.05, 0) is 45.1 Å². The lowest BCUT2D eigenvalue weighted by molar-refractivity contribution is -0.157. The minimum atomic E-state index is -0.301. The van der Waals surface area contributed by atoms with Crippen LogP contribution in [0.15, 0.2) is 11.1 Å². The number of allylic oxidation sites excluding steroid dienone is 1. The number of hydrogen-bond acceptors (Lipinski definition) is 3. The molecule has 0 heterocycles. The molecule has 0 aliphatic heterocycles. The van der Waals surface area contributed by atoms with Crippen LogP contribution in [0.4, 0.5) is 0 Å². The van der Waals surface area contributed by atoms with Gasteiger partial charge in [0.1, 0.15) is 5.60 Å². The highest BCUT2D eigenvalue weighted by molar-refractivity contribution is 5.66. The molecule has 1 saturated carbocycles. The van der Waals surface area contributed by atoms with E-state index in [4.69, 9.17) is 9.84 Å². The fraction of sp³-hybridized carbons (Fsp3) is 0.750. The molecule has 1 fully saturated rings. The predicted molar refractivity (Wildman–Crippen MR) is 58.4 cm³/mol. The maximum Gasteiger partial charge on any atom is 0.303 e. The van der Waals surface area contributed by atoms with Crippen molar-refractivity contribution in [3.05, 3.63) is 11.1 Å². The van der Waals surface area contributed by atoms with Crippen LogP contribution in [0.2, 0.25) is 0 Å². The van der Waals surface area contributed by atoms with Crippen LogP contribution in [0.5, 0.6) is 0 Å². The van der Waals surface area contributed by atoms with Crippen LogP contribution >= 0.6 is 0 Å². The highest BCUT2D eigenvalue weighted by Gasteiger charge is 2.31. The lowest BCUT2D eigenvalue weighted by Gasteiger charge is -2.34. The van der Waals surface area contributed by atoms with E-state index in [1.165, 1.54) is 12.5 Å².